The van der Waals surface area contributed by atoms with Crippen molar-refractivity contribution in [3.05, 3.63) is 23.8 Å². The van der Waals surface area contributed by atoms with Crippen molar-refractivity contribution in [2.75, 3.05) is 0 Å². The largest absolute Gasteiger partial charge is 0.0879 e. The van der Waals surface area contributed by atoms with Crippen molar-refractivity contribution >= 4 is 0 Å². The van der Waals surface area contributed by atoms with Crippen LogP contribution in [0.2, 0.25) is 0 Å². The predicted octanol–water partition coefficient (Wildman–Crippen LogP) is 5.07. The van der Waals surface area contributed by atoms with Crippen molar-refractivity contribution in [1.29, 1.82) is 0 Å². The van der Waals surface area contributed by atoms with Crippen molar-refractivity contribution in [3.8, 4) is 0 Å². The predicted molar refractivity (Wildman–Crippen MR) is 78.2 cm³/mol. The molecule has 2 fully saturated rings. The van der Waals surface area contributed by atoms with Gasteiger partial charge in [-0.25, -0.2) is 0 Å². The minimum absolute atomic E-state index is 0.827. The highest BCUT2D eigenvalue weighted by molar-refractivity contribution is 5.24. The number of allylic oxidation sites excluding steroid dienone is 4. The summed E-state index contributed by atoms with van der Waals surface area (Å²) in [6, 6.07) is 0. The lowest BCUT2D eigenvalue weighted by molar-refractivity contribution is 0.188. The average molecular weight is 244 g/mol. The number of rotatable bonds is 2. The maximum atomic E-state index is 2.54. The van der Waals surface area contributed by atoms with Crippen LogP contribution in [-0.2, 0) is 0 Å². The molecule has 0 spiro atoms. The summed E-state index contributed by atoms with van der Waals surface area (Å²) in [5.74, 6) is 6.36. The summed E-state index contributed by atoms with van der Waals surface area (Å²) >= 11 is 0. The first kappa shape index (κ1) is 12.5. The minimum atomic E-state index is 0.827. The Bertz CT molecular complexity index is 373. The highest BCUT2D eigenvalue weighted by atomic mass is 14.6. The van der Waals surface area contributed by atoms with E-state index in [1.54, 1.807) is 5.57 Å². The topological polar surface area (TPSA) is 0 Å². The Balaban J connectivity index is 1.80. The Kier molecular flexibility index (Phi) is 3.16. The van der Waals surface area contributed by atoms with E-state index >= 15 is 0 Å². The summed E-state index contributed by atoms with van der Waals surface area (Å²) in [5, 5.41) is 0. The van der Waals surface area contributed by atoms with Gasteiger partial charge in [0.15, 0.2) is 0 Å². The Morgan fingerprint density at radius 3 is 2.39 bits per heavy atom. The van der Waals surface area contributed by atoms with Crippen LogP contribution in [0.1, 0.15) is 47.0 Å². The molecule has 18 heavy (non-hydrogen) atoms. The molecule has 0 amide bonds. The molecule has 6 unspecified atom stereocenters. The zero-order valence-electron chi connectivity index (χ0n) is 12.4. The van der Waals surface area contributed by atoms with Gasteiger partial charge < -0.3 is 0 Å². The van der Waals surface area contributed by atoms with E-state index in [9.17, 15) is 0 Å². The fraction of sp³-hybridized carbons (Fsp3) is 0.778. The highest BCUT2D eigenvalue weighted by Gasteiger charge is 2.51. The van der Waals surface area contributed by atoms with Crippen molar-refractivity contribution in [3.63, 3.8) is 0 Å². The molecule has 0 aromatic heterocycles. The molecule has 6 atom stereocenters. The fourth-order valence-electron chi connectivity index (χ4n) is 5.34. The highest BCUT2D eigenvalue weighted by Crippen LogP contribution is 2.60. The molecule has 0 N–H and O–H groups in total. The van der Waals surface area contributed by atoms with Crippen molar-refractivity contribution in [2.24, 2.45) is 41.4 Å². The van der Waals surface area contributed by atoms with E-state index in [4.69, 9.17) is 0 Å². The van der Waals surface area contributed by atoms with Crippen molar-refractivity contribution in [1.82, 2.24) is 0 Å². The Hall–Kier alpha value is -0.520. The molecule has 3 aliphatic carbocycles. The lowest BCUT2D eigenvalue weighted by Gasteiger charge is -2.37. The number of hydrogen-bond acceptors (Lipinski definition) is 0. The monoisotopic (exact) mass is 244 g/mol. The lowest BCUT2D eigenvalue weighted by Crippen LogP contribution is -2.29. The fourth-order valence-corrected chi connectivity index (χ4v) is 5.34. The Morgan fingerprint density at radius 2 is 1.83 bits per heavy atom. The zero-order chi connectivity index (χ0) is 12.9. The smallest absolute Gasteiger partial charge is 0.0146 e. The first-order valence-corrected chi connectivity index (χ1v) is 7.96. The molecule has 0 saturated heterocycles. The van der Waals surface area contributed by atoms with Gasteiger partial charge in [-0.1, -0.05) is 44.6 Å². The summed E-state index contributed by atoms with van der Waals surface area (Å²) in [7, 11) is 0. The molecule has 0 aromatic carbocycles. The average Bonchev–Trinajstić information content (AvgIpc) is 2.99. The molecule has 0 nitrogen and oxygen atoms in total. The van der Waals surface area contributed by atoms with Crippen molar-refractivity contribution < 1.29 is 0 Å². The van der Waals surface area contributed by atoms with Crippen molar-refractivity contribution in [2.45, 2.75) is 47.0 Å². The van der Waals surface area contributed by atoms with Crippen LogP contribution in [0, 0.1) is 41.4 Å². The minimum Gasteiger partial charge on any atom is -0.0879 e. The van der Waals surface area contributed by atoms with Crippen LogP contribution in [0.5, 0.6) is 0 Å². The molecule has 0 aliphatic heterocycles. The van der Waals surface area contributed by atoms with E-state index in [1.807, 2.05) is 0 Å². The van der Waals surface area contributed by atoms with E-state index in [1.165, 1.54) is 19.3 Å². The third-order valence-corrected chi connectivity index (χ3v) is 5.91. The molecule has 0 heterocycles. The SMILES string of the molecule is C/C=C1\C2CC(C3C=CC(C)C3)C(C2)C1C(C)C. The first-order valence-electron chi connectivity index (χ1n) is 7.96. The number of fused-ring (bicyclic) bond motifs is 2. The van der Waals surface area contributed by atoms with E-state index in [0.29, 0.717) is 0 Å². The maximum absolute atomic E-state index is 2.54. The molecular weight excluding hydrogens is 216 g/mol. The van der Waals surface area contributed by atoms with Crippen LogP contribution in [0.3, 0.4) is 0 Å². The van der Waals surface area contributed by atoms with Gasteiger partial charge in [-0.2, -0.15) is 0 Å². The molecule has 2 bridgehead atoms. The Labute approximate surface area is 113 Å². The summed E-state index contributed by atoms with van der Waals surface area (Å²) in [6.07, 6.45) is 11.8. The van der Waals surface area contributed by atoms with Crippen LogP contribution in [0.4, 0.5) is 0 Å². The quantitative estimate of drug-likeness (QED) is 0.595. The van der Waals surface area contributed by atoms with Gasteiger partial charge in [-0.15, -0.1) is 0 Å². The van der Waals surface area contributed by atoms with Crippen LogP contribution in [-0.4, -0.2) is 0 Å². The summed E-state index contributed by atoms with van der Waals surface area (Å²) < 4.78 is 0. The van der Waals surface area contributed by atoms with Crippen LogP contribution >= 0.6 is 0 Å². The van der Waals surface area contributed by atoms with Gasteiger partial charge in [-0.05, 0) is 67.6 Å². The lowest BCUT2D eigenvalue weighted by atomic mass is 9.68. The third kappa shape index (κ3) is 1.80. The van der Waals surface area contributed by atoms with Gasteiger partial charge in [0, 0.05) is 0 Å². The van der Waals surface area contributed by atoms with Crippen LogP contribution in [0.15, 0.2) is 23.8 Å². The molecule has 3 aliphatic rings. The van der Waals surface area contributed by atoms with Gasteiger partial charge in [0.25, 0.3) is 0 Å². The molecule has 100 valence electrons. The van der Waals surface area contributed by atoms with E-state index in [-0.39, 0.29) is 0 Å². The second-order valence-electron chi connectivity index (χ2n) is 7.32. The third-order valence-electron chi connectivity index (χ3n) is 5.91. The number of hydrogen-bond donors (Lipinski definition) is 0. The van der Waals surface area contributed by atoms with Crippen LogP contribution < -0.4 is 0 Å². The molecule has 0 heteroatoms. The summed E-state index contributed by atoms with van der Waals surface area (Å²) in [6.45, 7) is 9.50. The van der Waals surface area contributed by atoms with Crippen LogP contribution in [0.25, 0.3) is 0 Å². The van der Waals surface area contributed by atoms with E-state index < -0.39 is 0 Å². The normalized spacial score (nSPS) is 48.8. The van der Waals surface area contributed by atoms with Gasteiger partial charge in [-0.3, -0.25) is 0 Å². The molecule has 3 rings (SSSR count). The standard InChI is InChI=1S/C18H28/c1-5-15-14-9-16(13-7-6-12(4)8-13)17(10-14)18(15)11(2)3/h5-7,11-14,16-18H,8-10H2,1-4H3/b15-5+. The summed E-state index contributed by atoms with van der Waals surface area (Å²) in [4.78, 5) is 0. The summed E-state index contributed by atoms with van der Waals surface area (Å²) in [5.41, 5.74) is 1.81. The molecule has 0 aromatic rings. The Morgan fingerprint density at radius 1 is 1.11 bits per heavy atom. The second-order valence-corrected chi connectivity index (χ2v) is 7.32. The van der Waals surface area contributed by atoms with Gasteiger partial charge in [0.05, 0.1) is 0 Å². The van der Waals surface area contributed by atoms with E-state index in [2.05, 4.69) is 45.9 Å². The first-order chi connectivity index (χ1) is 8.61. The van der Waals surface area contributed by atoms with Gasteiger partial charge >= 0.3 is 0 Å². The maximum Gasteiger partial charge on any atom is -0.0146 e. The van der Waals surface area contributed by atoms with Gasteiger partial charge in [0.2, 0.25) is 0 Å². The van der Waals surface area contributed by atoms with E-state index in [0.717, 1.165) is 41.4 Å². The molecular formula is C18H28. The zero-order valence-corrected chi connectivity index (χ0v) is 12.4. The molecule has 0 radical (unpaired) electrons. The molecule has 2 saturated carbocycles. The second kappa shape index (κ2) is 4.54. The van der Waals surface area contributed by atoms with Gasteiger partial charge in [0.1, 0.15) is 0 Å².